The Kier molecular flexibility index (Phi) is 10.5. The molecular formula is C32H29FeN3O3S-6. The number of benzene rings is 1. The molecule has 3 aromatic carbocycles. The Bertz CT molecular complexity index is 1490. The summed E-state index contributed by atoms with van der Waals surface area (Å²) in [6.45, 7) is 5.72. The summed E-state index contributed by atoms with van der Waals surface area (Å²) in [7, 11) is 0. The predicted molar refractivity (Wildman–Crippen MR) is 156 cm³/mol. The number of hydrogen-bond acceptors (Lipinski definition) is 5. The molecule has 0 aliphatic rings. The summed E-state index contributed by atoms with van der Waals surface area (Å²) in [5, 5.41) is 4.75. The molecule has 2 aromatic heterocycles. The van der Waals surface area contributed by atoms with Gasteiger partial charge in [0.1, 0.15) is 0 Å². The Labute approximate surface area is 249 Å². The van der Waals surface area contributed by atoms with E-state index in [0.717, 1.165) is 5.56 Å². The molecule has 0 saturated heterocycles. The fraction of sp³-hybridized carbons (Fsp3) is 0.156. The molecule has 6 nitrogen and oxygen atoms in total. The minimum absolute atomic E-state index is 0. The van der Waals surface area contributed by atoms with Crippen molar-refractivity contribution in [2.24, 2.45) is 0 Å². The number of amides is 2. The summed E-state index contributed by atoms with van der Waals surface area (Å²) in [6, 6.07) is 25.4. The molecule has 40 heavy (non-hydrogen) atoms. The third-order valence-electron chi connectivity index (χ3n) is 5.63. The van der Waals surface area contributed by atoms with Gasteiger partial charge >= 0.3 is 0 Å². The first kappa shape index (κ1) is 30.4. The van der Waals surface area contributed by atoms with Gasteiger partial charge in [0.2, 0.25) is 5.91 Å². The maximum absolute atomic E-state index is 13.9. The second kappa shape index (κ2) is 13.8. The minimum Gasteiger partial charge on any atom is -0.748 e. The van der Waals surface area contributed by atoms with Crippen LogP contribution in [0.25, 0.3) is 11.3 Å². The van der Waals surface area contributed by atoms with Gasteiger partial charge in [-0.3, -0.25) is 9.59 Å². The molecule has 2 heterocycles. The number of oxazole rings is 1. The summed E-state index contributed by atoms with van der Waals surface area (Å²) in [5.74, 6) is 2.58. The van der Waals surface area contributed by atoms with Gasteiger partial charge in [0.25, 0.3) is 5.91 Å². The zero-order valence-corrected chi connectivity index (χ0v) is 24.3. The Morgan fingerprint density at radius 1 is 1.10 bits per heavy atom. The van der Waals surface area contributed by atoms with Gasteiger partial charge < -0.3 is 45.0 Å². The first-order chi connectivity index (χ1) is 18.8. The summed E-state index contributed by atoms with van der Waals surface area (Å²) >= 11 is 1.32. The van der Waals surface area contributed by atoms with Crippen molar-refractivity contribution in [1.82, 2.24) is 10.3 Å². The van der Waals surface area contributed by atoms with Crippen molar-refractivity contribution in [3.63, 3.8) is 0 Å². The zero-order valence-electron chi connectivity index (χ0n) is 22.4. The molecule has 0 bridgehead atoms. The molecule has 8 heteroatoms. The van der Waals surface area contributed by atoms with Crippen molar-refractivity contribution < 1.29 is 31.1 Å². The van der Waals surface area contributed by atoms with Crippen LogP contribution < -0.4 is 10.2 Å². The summed E-state index contributed by atoms with van der Waals surface area (Å²) in [4.78, 5) is 33.5. The van der Waals surface area contributed by atoms with E-state index in [2.05, 4.69) is 16.2 Å². The first-order valence-electron chi connectivity index (χ1n) is 12.3. The van der Waals surface area contributed by atoms with Crippen LogP contribution in [0.4, 0.5) is 5.69 Å². The number of anilines is 1. The molecule has 0 aliphatic heterocycles. The van der Waals surface area contributed by atoms with Crippen LogP contribution in [0.5, 0.6) is 0 Å². The number of terminal acetylenes is 1. The van der Waals surface area contributed by atoms with E-state index < -0.39 is 11.6 Å². The third kappa shape index (κ3) is 7.71. The van der Waals surface area contributed by atoms with Crippen LogP contribution in [0.3, 0.4) is 0 Å². The van der Waals surface area contributed by atoms with Gasteiger partial charge in [0.15, 0.2) is 12.2 Å². The average molecular weight is 592 g/mol. The Morgan fingerprint density at radius 3 is 2.23 bits per heavy atom. The molecule has 0 radical (unpaired) electrons. The van der Waals surface area contributed by atoms with E-state index >= 15 is 0 Å². The van der Waals surface area contributed by atoms with Gasteiger partial charge in [0.05, 0.1) is 22.7 Å². The SMILES string of the molecule is C#Cc1cc(C(=O)N(c2ccc(-c3cnco3)cc2)C(C(=O)NC(C)(C)C)[c-]2cccc2)cs1.[Fe].[cH-]1[cH-][cH-][cH-][cH-]1. The van der Waals surface area contributed by atoms with Gasteiger partial charge in [-0.25, -0.2) is 17.1 Å². The molecule has 1 atom stereocenters. The normalized spacial score (nSPS) is 11.2. The van der Waals surface area contributed by atoms with Gasteiger partial charge in [0, 0.05) is 39.2 Å². The Morgan fingerprint density at radius 2 is 1.73 bits per heavy atom. The number of thiophene rings is 1. The first-order valence-corrected chi connectivity index (χ1v) is 13.2. The maximum atomic E-state index is 13.9. The fourth-order valence-electron chi connectivity index (χ4n) is 3.94. The van der Waals surface area contributed by atoms with Gasteiger partial charge in [-0.1, -0.05) is 5.92 Å². The van der Waals surface area contributed by atoms with Crippen LogP contribution in [0.1, 0.15) is 47.6 Å². The van der Waals surface area contributed by atoms with Gasteiger partial charge in [-0.15, -0.1) is 23.3 Å². The smallest absolute Gasteiger partial charge is 0.259 e. The van der Waals surface area contributed by atoms with Crippen LogP contribution in [-0.4, -0.2) is 22.3 Å². The molecule has 0 spiro atoms. The van der Waals surface area contributed by atoms with Crippen molar-refractivity contribution >= 4 is 28.8 Å². The summed E-state index contributed by atoms with van der Waals surface area (Å²) in [6.07, 6.45) is 8.51. The number of carbonyl (C=O) groups is 2. The average Bonchev–Trinajstić information content (AvgIpc) is 3.73. The second-order valence-corrected chi connectivity index (χ2v) is 10.7. The number of nitrogens with zero attached hydrogens (tertiary/aromatic N) is 2. The Balaban J connectivity index is 0.000000662. The van der Waals surface area contributed by atoms with E-state index in [1.165, 1.54) is 22.6 Å². The van der Waals surface area contributed by atoms with Gasteiger partial charge in [-0.05, 0) is 51.1 Å². The largest absolute Gasteiger partial charge is 0.748 e. The van der Waals surface area contributed by atoms with E-state index in [4.69, 9.17) is 10.8 Å². The van der Waals surface area contributed by atoms with E-state index in [1.807, 2.05) is 87.5 Å². The monoisotopic (exact) mass is 591 g/mol. The van der Waals surface area contributed by atoms with Crippen molar-refractivity contribution in [3.8, 4) is 23.7 Å². The molecule has 210 valence electrons. The molecule has 2 amide bonds. The molecule has 1 unspecified atom stereocenters. The minimum atomic E-state index is -0.882. The van der Waals surface area contributed by atoms with Crippen molar-refractivity contribution in [3.05, 3.63) is 119 Å². The van der Waals surface area contributed by atoms with Crippen LogP contribution in [0.15, 0.2) is 107 Å². The van der Waals surface area contributed by atoms with Crippen molar-refractivity contribution in [1.29, 1.82) is 0 Å². The van der Waals surface area contributed by atoms with Crippen molar-refractivity contribution in [2.75, 3.05) is 4.90 Å². The summed E-state index contributed by atoms with van der Waals surface area (Å²) < 4.78 is 5.38. The number of carbonyl (C=O) groups excluding carboxylic acids is 2. The topological polar surface area (TPSA) is 75.4 Å². The van der Waals surface area contributed by atoms with Crippen LogP contribution in [-0.2, 0) is 21.9 Å². The standard InChI is InChI=1S/C27H24N3O3S.C5H5.Fe/c1-5-22-14-20(16-34-22)26(32)30(21-12-10-18(11-13-21)23-15-28-17-33-23)24(19-8-6-7-9-19)25(31)29-27(2,3)4;1-2-4-5-3-1;/h1,6-17,24H,2-4H3,(H,29,31);1-5H;/q-1;-5;. The molecule has 0 saturated carbocycles. The van der Waals surface area contributed by atoms with Gasteiger partial charge in [-0.2, -0.15) is 12.1 Å². The quantitative estimate of drug-likeness (QED) is 0.134. The molecule has 5 aromatic rings. The summed E-state index contributed by atoms with van der Waals surface area (Å²) in [5.41, 5.74) is 2.03. The number of aromatic nitrogens is 1. The number of nitrogens with one attached hydrogen (secondary N) is 1. The fourth-order valence-corrected chi connectivity index (χ4v) is 4.62. The van der Waals surface area contributed by atoms with E-state index in [1.54, 1.807) is 29.8 Å². The zero-order chi connectivity index (χ0) is 27.8. The van der Waals surface area contributed by atoms with Crippen LogP contribution >= 0.6 is 11.3 Å². The third-order valence-corrected chi connectivity index (χ3v) is 6.50. The predicted octanol–water partition coefficient (Wildman–Crippen LogP) is 6.81. The maximum Gasteiger partial charge on any atom is 0.259 e. The van der Waals surface area contributed by atoms with E-state index in [0.29, 0.717) is 27.5 Å². The molecule has 0 fully saturated rings. The van der Waals surface area contributed by atoms with E-state index in [-0.39, 0.29) is 28.9 Å². The Hall–Kier alpha value is -4.15. The van der Waals surface area contributed by atoms with Crippen molar-refractivity contribution in [2.45, 2.75) is 32.4 Å². The molecule has 0 aliphatic carbocycles. The molecule has 5 rings (SSSR count). The van der Waals surface area contributed by atoms with Crippen LogP contribution in [0, 0.1) is 12.3 Å². The molecule has 1 N–H and O–H groups in total. The number of rotatable bonds is 6. The number of hydrogen-bond donors (Lipinski definition) is 1. The van der Waals surface area contributed by atoms with E-state index in [9.17, 15) is 9.59 Å². The van der Waals surface area contributed by atoms with Crippen LogP contribution in [0.2, 0.25) is 0 Å². The molecular weight excluding hydrogens is 562 g/mol. The second-order valence-electron chi connectivity index (χ2n) is 9.75.